The Morgan fingerprint density at radius 1 is 1.31 bits per heavy atom. The average Bonchev–Trinajstić information content (AvgIpc) is 3.45. The zero-order chi connectivity index (χ0) is 18.4. The SMILES string of the molecule is C=CCCOc1ccc(-c2nnc(CCC(=O)NC3CC3)c(=O)[nH]2)cc1. The number of carbonyl (C=O) groups is 1. The Morgan fingerprint density at radius 2 is 2.08 bits per heavy atom. The van der Waals surface area contributed by atoms with E-state index in [1.54, 1.807) is 6.08 Å². The second-order valence-corrected chi connectivity index (χ2v) is 6.24. The lowest BCUT2D eigenvalue weighted by atomic mass is 10.2. The van der Waals surface area contributed by atoms with E-state index in [4.69, 9.17) is 4.74 Å². The van der Waals surface area contributed by atoms with Crippen molar-refractivity contribution in [1.82, 2.24) is 20.5 Å². The number of benzene rings is 1. The Kier molecular flexibility index (Phi) is 5.78. The number of aromatic amines is 1. The Labute approximate surface area is 151 Å². The second kappa shape index (κ2) is 8.42. The van der Waals surface area contributed by atoms with E-state index >= 15 is 0 Å². The average molecular weight is 354 g/mol. The Balaban J connectivity index is 1.60. The van der Waals surface area contributed by atoms with Gasteiger partial charge in [-0.1, -0.05) is 6.08 Å². The molecule has 0 radical (unpaired) electrons. The summed E-state index contributed by atoms with van der Waals surface area (Å²) in [5, 5.41) is 11.0. The van der Waals surface area contributed by atoms with Gasteiger partial charge in [-0.3, -0.25) is 9.59 Å². The number of aryl methyl sites for hydroxylation is 1. The fourth-order valence-electron chi connectivity index (χ4n) is 2.38. The normalized spacial score (nSPS) is 13.2. The molecular weight excluding hydrogens is 332 g/mol. The molecule has 1 amide bonds. The first kappa shape index (κ1) is 17.8. The van der Waals surface area contributed by atoms with Gasteiger partial charge in [-0.15, -0.1) is 16.8 Å². The predicted molar refractivity (Wildman–Crippen MR) is 97.9 cm³/mol. The summed E-state index contributed by atoms with van der Waals surface area (Å²) < 4.78 is 5.55. The number of aromatic nitrogens is 3. The summed E-state index contributed by atoms with van der Waals surface area (Å²) in [7, 11) is 0. The molecule has 136 valence electrons. The predicted octanol–water partition coefficient (Wildman–Crippen LogP) is 2.00. The lowest BCUT2D eigenvalue weighted by Gasteiger charge is -2.06. The number of ether oxygens (including phenoxy) is 1. The summed E-state index contributed by atoms with van der Waals surface area (Å²) in [6.45, 7) is 4.22. The van der Waals surface area contributed by atoms with E-state index < -0.39 is 0 Å². The highest BCUT2D eigenvalue weighted by molar-refractivity contribution is 5.76. The van der Waals surface area contributed by atoms with Crippen molar-refractivity contribution in [3.63, 3.8) is 0 Å². The number of nitrogens with one attached hydrogen (secondary N) is 2. The van der Waals surface area contributed by atoms with E-state index in [1.807, 2.05) is 24.3 Å². The van der Waals surface area contributed by atoms with Crippen LogP contribution in [0.15, 0.2) is 41.7 Å². The van der Waals surface area contributed by atoms with Crippen LogP contribution in [-0.4, -0.2) is 33.7 Å². The Morgan fingerprint density at radius 3 is 2.73 bits per heavy atom. The van der Waals surface area contributed by atoms with Crippen LogP contribution in [0, 0.1) is 0 Å². The van der Waals surface area contributed by atoms with Crippen molar-refractivity contribution >= 4 is 5.91 Å². The van der Waals surface area contributed by atoms with Crippen molar-refractivity contribution in [2.45, 2.75) is 38.1 Å². The Hall–Kier alpha value is -2.96. The number of amides is 1. The quantitative estimate of drug-likeness (QED) is 0.530. The summed E-state index contributed by atoms with van der Waals surface area (Å²) >= 11 is 0. The number of carbonyl (C=O) groups excluding carboxylic acids is 1. The van der Waals surface area contributed by atoms with Gasteiger partial charge in [0.25, 0.3) is 5.56 Å². The van der Waals surface area contributed by atoms with Crippen LogP contribution in [0.3, 0.4) is 0 Å². The lowest BCUT2D eigenvalue weighted by molar-refractivity contribution is -0.121. The lowest BCUT2D eigenvalue weighted by Crippen LogP contribution is -2.27. The van der Waals surface area contributed by atoms with Crippen molar-refractivity contribution in [3.05, 3.63) is 53.0 Å². The van der Waals surface area contributed by atoms with Crippen molar-refractivity contribution < 1.29 is 9.53 Å². The molecule has 1 aromatic heterocycles. The van der Waals surface area contributed by atoms with E-state index in [0.717, 1.165) is 30.6 Å². The van der Waals surface area contributed by atoms with E-state index in [1.165, 1.54) is 0 Å². The first-order chi connectivity index (χ1) is 12.7. The van der Waals surface area contributed by atoms with Crippen LogP contribution in [0.2, 0.25) is 0 Å². The second-order valence-electron chi connectivity index (χ2n) is 6.24. The minimum atomic E-state index is -0.319. The molecule has 7 heteroatoms. The fourth-order valence-corrected chi connectivity index (χ4v) is 2.38. The third-order valence-corrected chi connectivity index (χ3v) is 4.01. The number of nitrogens with zero attached hydrogens (tertiary/aromatic N) is 2. The number of rotatable bonds is 9. The largest absolute Gasteiger partial charge is 0.493 e. The summed E-state index contributed by atoms with van der Waals surface area (Å²) in [5.74, 6) is 1.08. The zero-order valence-electron chi connectivity index (χ0n) is 14.5. The highest BCUT2D eigenvalue weighted by atomic mass is 16.5. The van der Waals surface area contributed by atoms with Crippen LogP contribution in [-0.2, 0) is 11.2 Å². The molecule has 1 fully saturated rings. The maximum atomic E-state index is 12.2. The minimum absolute atomic E-state index is 0.0511. The summed E-state index contributed by atoms with van der Waals surface area (Å²) in [6, 6.07) is 7.57. The van der Waals surface area contributed by atoms with Crippen LogP contribution in [0.25, 0.3) is 11.4 Å². The highest BCUT2D eigenvalue weighted by Gasteiger charge is 2.23. The fraction of sp³-hybridized carbons (Fsp3) is 0.368. The monoisotopic (exact) mass is 354 g/mol. The molecule has 3 rings (SSSR count). The molecule has 0 bridgehead atoms. The summed E-state index contributed by atoms with van der Waals surface area (Å²) in [6.07, 6.45) is 5.17. The first-order valence-corrected chi connectivity index (χ1v) is 8.75. The van der Waals surface area contributed by atoms with Gasteiger partial charge in [0, 0.05) is 24.4 Å². The van der Waals surface area contributed by atoms with Crippen molar-refractivity contribution in [3.8, 4) is 17.1 Å². The molecule has 7 nitrogen and oxygen atoms in total. The maximum Gasteiger partial charge on any atom is 0.273 e. The van der Waals surface area contributed by atoms with Crippen LogP contribution in [0.5, 0.6) is 5.75 Å². The van der Waals surface area contributed by atoms with Crippen molar-refractivity contribution in [2.24, 2.45) is 0 Å². The molecular formula is C19H22N4O3. The van der Waals surface area contributed by atoms with E-state index in [9.17, 15) is 9.59 Å². The van der Waals surface area contributed by atoms with E-state index in [2.05, 4.69) is 27.1 Å². The van der Waals surface area contributed by atoms with Crippen LogP contribution >= 0.6 is 0 Å². The number of hydrogen-bond donors (Lipinski definition) is 2. The topological polar surface area (TPSA) is 97.0 Å². The number of H-pyrrole nitrogens is 1. The molecule has 0 atom stereocenters. The smallest absolute Gasteiger partial charge is 0.273 e. The van der Waals surface area contributed by atoms with Gasteiger partial charge >= 0.3 is 0 Å². The molecule has 2 aromatic rings. The van der Waals surface area contributed by atoms with Gasteiger partial charge in [-0.2, -0.15) is 0 Å². The zero-order valence-corrected chi connectivity index (χ0v) is 14.5. The minimum Gasteiger partial charge on any atom is -0.493 e. The maximum absolute atomic E-state index is 12.2. The highest BCUT2D eigenvalue weighted by Crippen LogP contribution is 2.19. The van der Waals surface area contributed by atoms with Gasteiger partial charge in [0.15, 0.2) is 5.82 Å². The van der Waals surface area contributed by atoms with Gasteiger partial charge in [-0.25, -0.2) is 0 Å². The van der Waals surface area contributed by atoms with E-state index in [0.29, 0.717) is 18.5 Å². The molecule has 0 spiro atoms. The molecule has 1 aliphatic carbocycles. The van der Waals surface area contributed by atoms with Crippen LogP contribution in [0.1, 0.15) is 31.4 Å². The van der Waals surface area contributed by atoms with Crippen LogP contribution < -0.4 is 15.6 Å². The molecule has 2 N–H and O–H groups in total. The van der Waals surface area contributed by atoms with Gasteiger partial charge in [0.2, 0.25) is 5.91 Å². The number of hydrogen-bond acceptors (Lipinski definition) is 5. The van der Waals surface area contributed by atoms with Gasteiger partial charge in [-0.05, 0) is 43.5 Å². The molecule has 1 aromatic carbocycles. The van der Waals surface area contributed by atoms with Crippen molar-refractivity contribution in [2.75, 3.05) is 6.61 Å². The molecule has 0 unspecified atom stereocenters. The molecule has 1 saturated carbocycles. The molecule has 0 saturated heterocycles. The Bertz CT molecular complexity index is 825. The molecule has 1 heterocycles. The summed E-state index contributed by atoms with van der Waals surface area (Å²) in [5.41, 5.74) is 0.688. The third kappa shape index (κ3) is 5.02. The van der Waals surface area contributed by atoms with Gasteiger partial charge < -0.3 is 15.0 Å². The molecule has 26 heavy (non-hydrogen) atoms. The van der Waals surface area contributed by atoms with Gasteiger partial charge in [0.1, 0.15) is 11.4 Å². The van der Waals surface area contributed by atoms with Gasteiger partial charge in [0.05, 0.1) is 6.61 Å². The molecule has 1 aliphatic rings. The van der Waals surface area contributed by atoms with Crippen molar-refractivity contribution in [1.29, 1.82) is 0 Å². The van der Waals surface area contributed by atoms with E-state index in [-0.39, 0.29) is 30.0 Å². The third-order valence-electron chi connectivity index (χ3n) is 4.01. The standard InChI is InChI=1S/C19H22N4O3/c1-2-3-12-26-15-8-4-13(5-9-15)18-21-19(25)16(22-23-18)10-11-17(24)20-14-6-7-14/h2,4-5,8-9,14H,1,3,6-7,10-12H2,(H,20,24)(H,21,23,25). The molecule has 0 aliphatic heterocycles. The first-order valence-electron chi connectivity index (χ1n) is 8.75. The summed E-state index contributed by atoms with van der Waals surface area (Å²) in [4.78, 5) is 26.6. The van der Waals surface area contributed by atoms with Crippen LogP contribution in [0.4, 0.5) is 0 Å².